The van der Waals surface area contributed by atoms with Crippen LogP contribution in [0.25, 0.3) is 0 Å². The van der Waals surface area contributed by atoms with Crippen LogP contribution in [0.2, 0.25) is 5.02 Å². The van der Waals surface area contributed by atoms with Gasteiger partial charge in [-0.15, -0.1) is 0 Å². The Kier molecular flexibility index (Phi) is 4.39. The van der Waals surface area contributed by atoms with Gasteiger partial charge in [0, 0.05) is 11.1 Å². The summed E-state index contributed by atoms with van der Waals surface area (Å²) in [4.78, 5) is 39.4. The second-order valence-electron chi connectivity index (χ2n) is 6.30. The molecule has 0 aromatic heterocycles. The van der Waals surface area contributed by atoms with E-state index < -0.39 is 17.8 Å². The maximum atomic E-state index is 12.6. The van der Waals surface area contributed by atoms with Gasteiger partial charge < -0.3 is 0 Å². The Labute approximate surface area is 140 Å². The number of benzene rings is 1. The summed E-state index contributed by atoms with van der Waals surface area (Å²) in [7, 11) is 0. The largest absolute Gasteiger partial charge is 0.334 e. The Balaban J connectivity index is 1.80. The van der Waals surface area contributed by atoms with E-state index in [0.717, 1.165) is 36.1 Å². The van der Waals surface area contributed by atoms with Gasteiger partial charge in [-0.1, -0.05) is 43.5 Å². The van der Waals surface area contributed by atoms with Crippen LogP contribution in [0.15, 0.2) is 24.3 Å². The van der Waals surface area contributed by atoms with Gasteiger partial charge in [0.05, 0.1) is 6.54 Å². The molecule has 23 heavy (non-hydrogen) atoms. The molecule has 5 nitrogen and oxygen atoms in total. The zero-order chi connectivity index (χ0) is 16.6. The number of urea groups is 1. The average Bonchev–Trinajstić information content (AvgIpc) is 2.74. The van der Waals surface area contributed by atoms with Gasteiger partial charge >= 0.3 is 17.8 Å². The summed E-state index contributed by atoms with van der Waals surface area (Å²) in [5.74, 6) is -1.19. The lowest BCUT2D eigenvalue weighted by Gasteiger charge is -2.34. The molecule has 0 bridgehead atoms. The molecule has 1 aliphatic carbocycles. The van der Waals surface area contributed by atoms with Gasteiger partial charge in [0.15, 0.2) is 0 Å². The zero-order valence-corrected chi connectivity index (χ0v) is 13.8. The summed E-state index contributed by atoms with van der Waals surface area (Å²) >= 11 is 5.84. The highest BCUT2D eigenvalue weighted by atomic mass is 35.5. The summed E-state index contributed by atoms with van der Waals surface area (Å²) in [5, 5.41) is 0.585. The third kappa shape index (κ3) is 2.98. The van der Waals surface area contributed by atoms with Crippen molar-refractivity contribution in [3.8, 4) is 0 Å². The van der Waals surface area contributed by atoms with Gasteiger partial charge in [0.2, 0.25) is 0 Å². The minimum atomic E-state index is -0.734. The van der Waals surface area contributed by atoms with Crippen molar-refractivity contribution in [2.75, 3.05) is 0 Å². The molecule has 1 heterocycles. The lowest BCUT2D eigenvalue weighted by Crippen LogP contribution is -2.46. The molecule has 0 N–H and O–H groups in total. The van der Waals surface area contributed by atoms with E-state index in [9.17, 15) is 14.4 Å². The third-order valence-electron chi connectivity index (χ3n) is 4.74. The summed E-state index contributed by atoms with van der Waals surface area (Å²) in [6.07, 6.45) is 3.85. The monoisotopic (exact) mass is 334 g/mol. The Morgan fingerprint density at radius 2 is 1.70 bits per heavy atom. The van der Waals surface area contributed by atoms with Crippen LogP contribution in [0.4, 0.5) is 4.79 Å². The molecule has 122 valence electrons. The van der Waals surface area contributed by atoms with Crippen LogP contribution in [0.1, 0.15) is 38.2 Å². The molecule has 1 aliphatic heterocycles. The Bertz CT molecular complexity index is 644. The Hall–Kier alpha value is -1.88. The van der Waals surface area contributed by atoms with Gasteiger partial charge in [0.25, 0.3) is 0 Å². The number of hydrogen-bond donors (Lipinski definition) is 0. The van der Waals surface area contributed by atoms with E-state index in [4.69, 9.17) is 11.6 Å². The van der Waals surface area contributed by atoms with Crippen molar-refractivity contribution < 1.29 is 14.4 Å². The van der Waals surface area contributed by atoms with Crippen LogP contribution >= 0.6 is 11.6 Å². The summed E-state index contributed by atoms with van der Waals surface area (Å²) in [5.41, 5.74) is 0.766. The molecule has 0 unspecified atom stereocenters. The van der Waals surface area contributed by atoms with Crippen LogP contribution in [0, 0.1) is 5.92 Å². The molecule has 4 amide bonds. The van der Waals surface area contributed by atoms with Gasteiger partial charge in [-0.25, -0.2) is 4.79 Å². The maximum absolute atomic E-state index is 12.6. The van der Waals surface area contributed by atoms with Gasteiger partial charge in [0.1, 0.15) is 0 Å². The lowest BCUT2D eigenvalue weighted by molar-refractivity contribution is -0.144. The quantitative estimate of drug-likeness (QED) is 0.630. The van der Waals surface area contributed by atoms with Crippen molar-refractivity contribution in [3.05, 3.63) is 34.9 Å². The number of carbonyl (C=O) groups is 3. The molecule has 3 rings (SSSR count). The molecule has 1 aromatic carbocycles. The number of rotatable bonds is 3. The Morgan fingerprint density at radius 3 is 2.35 bits per heavy atom. The van der Waals surface area contributed by atoms with E-state index in [2.05, 4.69) is 0 Å². The summed E-state index contributed by atoms with van der Waals surface area (Å²) < 4.78 is 0. The molecule has 6 heteroatoms. The van der Waals surface area contributed by atoms with Crippen molar-refractivity contribution >= 4 is 29.4 Å². The van der Waals surface area contributed by atoms with E-state index in [1.807, 2.05) is 6.92 Å². The average molecular weight is 335 g/mol. The van der Waals surface area contributed by atoms with Crippen LogP contribution in [-0.4, -0.2) is 33.7 Å². The van der Waals surface area contributed by atoms with Gasteiger partial charge in [-0.05, 0) is 36.5 Å². The standard InChI is InChI=1S/C17H19ClN2O3/c1-11-4-2-3-5-14(11)20-16(22)15(21)19(17(20)23)10-12-6-8-13(18)9-7-12/h6-9,11,14H,2-5,10H2,1H3/t11-,14-/m0/s1. The van der Waals surface area contributed by atoms with E-state index >= 15 is 0 Å². The minimum absolute atomic E-state index is 0.0954. The van der Waals surface area contributed by atoms with E-state index in [1.54, 1.807) is 24.3 Å². The molecule has 1 aromatic rings. The first kappa shape index (κ1) is 16.0. The van der Waals surface area contributed by atoms with Gasteiger partial charge in [-0.2, -0.15) is 0 Å². The smallest absolute Gasteiger partial charge is 0.263 e. The van der Waals surface area contributed by atoms with Crippen molar-refractivity contribution in [1.29, 1.82) is 0 Å². The molecule has 0 radical (unpaired) electrons. The highest BCUT2D eigenvalue weighted by Gasteiger charge is 2.48. The topological polar surface area (TPSA) is 57.7 Å². The summed E-state index contributed by atoms with van der Waals surface area (Å²) in [6.45, 7) is 2.13. The molecule has 0 spiro atoms. The number of carbonyl (C=O) groups excluding carboxylic acids is 3. The number of halogens is 1. The highest BCUT2D eigenvalue weighted by molar-refractivity contribution is 6.44. The molecule has 2 atom stereocenters. The SMILES string of the molecule is C[C@H]1CCCC[C@@H]1N1C(=O)C(=O)N(Cc2ccc(Cl)cc2)C1=O. The Morgan fingerprint density at radius 1 is 1.04 bits per heavy atom. The fourth-order valence-electron chi connectivity index (χ4n) is 3.41. The van der Waals surface area contributed by atoms with Crippen molar-refractivity contribution in [1.82, 2.24) is 9.80 Å². The first-order chi connectivity index (χ1) is 11.0. The summed E-state index contributed by atoms with van der Waals surface area (Å²) in [6, 6.07) is 6.24. The van der Waals surface area contributed by atoms with Crippen molar-refractivity contribution in [2.45, 2.75) is 45.2 Å². The van der Waals surface area contributed by atoms with E-state index in [-0.39, 0.29) is 18.5 Å². The number of amides is 4. The second-order valence-corrected chi connectivity index (χ2v) is 6.74. The third-order valence-corrected chi connectivity index (χ3v) is 4.99. The van der Waals surface area contributed by atoms with Crippen LogP contribution in [0.5, 0.6) is 0 Å². The number of hydrogen-bond acceptors (Lipinski definition) is 3. The van der Waals surface area contributed by atoms with Crippen molar-refractivity contribution in [2.24, 2.45) is 5.92 Å². The fourth-order valence-corrected chi connectivity index (χ4v) is 3.53. The molecular weight excluding hydrogens is 316 g/mol. The predicted octanol–water partition coefficient (Wildman–Crippen LogP) is 3.21. The second kappa shape index (κ2) is 6.32. The predicted molar refractivity (Wildman–Crippen MR) is 85.7 cm³/mol. The first-order valence-corrected chi connectivity index (χ1v) is 8.30. The molecule has 2 aliphatic rings. The van der Waals surface area contributed by atoms with Crippen LogP contribution in [-0.2, 0) is 16.1 Å². The first-order valence-electron chi connectivity index (χ1n) is 7.92. The number of imide groups is 2. The highest BCUT2D eigenvalue weighted by Crippen LogP contribution is 2.31. The number of nitrogens with zero attached hydrogens (tertiary/aromatic N) is 2. The molecular formula is C17H19ClN2O3. The normalized spacial score (nSPS) is 25.4. The molecule has 2 fully saturated rings. The van der Waals surface area contributed by atoms with Gasteiger partial charge in [-0.3, -0.25) is 19.4 Å². The van der Waals surface area contributed by atoms with E-state index in [0.29, 0.717) is 5.02 Å². The zero-order valence-electron chi connectivity index (χ0n) is 13.0. The fraction of sp³-hybridized carbons (Fsp3) is 0.471. The molecule has 1 saturated heterocycles. The van der Waals surface area contributed by atoms with Crippen molar-refractivity contribution in [3.63, 3.8) is 0 Å². The maximum Gasteiger partial charge on any atom is 0.334 e. The van der Waals surface area contributed by atoms with Crippen LogP contribution in [0.3, 0.4) is 0 Å². The minimum Gasteiger partial charge on any atom is -0.263 e. The van der Waals surface area contributed by atoms with E-state index in [1.165, 1.54) is 4.90 Å². The molecule has 1 saturated carbocycles. The van der Waals surface area contributed by atoms with Crippen LogP contribution < -0.4 is 0 Å². The lowest BCUT2D eigenvalue weighted by atomic mass is 9.85.